The summed E-state index contributed by atoms with van der Waals surface area (Å²) in [5, 5.41) is 7.18. The predicted octanol–water partition coefficient (Wildman–Crippen LogP) is 3.74. The number of hydrogen-bond donors (Lipinski definition) is 1. The van der Waals surface area contributed by atoms with Crippen LogP contribution < -0.4 is 0 Å². The van der Waals surface area contributed by atoms with E-state index in [0.29, 0.717) is 5.92 Å². The van der Waals surface area contributed by atoms with E-state index < -0.39 is 9.76 Å². The molecule has 0 radical (unpaired) electrons. The molecule has 0 heterocycles. The highest BCUT2D eigenvalue weighted by Crippen LogP contribution is 2.68. The smallest absolute Gasteiger partial charge is 0.401 e. The fourth-order valence-corrected chi connectivity index (χ4v) is 1.66. The maximum absolute atomic E-state index is 8.77. The normalized spacial score (nSPS) is 28.3. The highest BCUT2D eigenvalue weighted by Gasteiger charge is 2.67. The van der Waals surface area contributed by atoms with Crippen LogP contribution in [0.3, 0.4) is 0 Å². The molecule has 72 valence electrons. The van der Waals surface area contributed by atoms with Gasteiger partial charge in [-0.05, 0) is 5.92 Å². The largest absolute Gasteiger partial charge is 0.469 e. The van der Waals surface area contributed by atoms with Gasteiger partial charge in [-0.15, -0.1) is 23.2 Å². The molecule has 1 saturated carbocycles. The van der Waals surface area contributed by atoms with Gasteiger partial charge in [0.1, 0.15) is 4.33 Å². The number of carboxylic acid groups (broad SMARTS) is 1. The van der Waals surface area contributed by atoms with Gasteiger partial charge in [-0.3, -0.25) is 0 Å². The summed E-state index contributed by atoms with van der Waals surface area (Å²) >= 11 is 15.9. The Morgan fingerprint density at radius 1 is 1.42 bits per heavy atom. The van der Waals surface area contributed by atoms with Crippen molar-refractivity contribution in [2.45, 2.75) is 25.1 Å². The molecule has 0 aliphatic heterocycles. The van der Waals surface area contributed by atoms with Crippen molar-refractivity contribution < 1.29 is 9.90 Å². The van der Waals surface area contributed by atoms with Gasteiger partial charge in [0.25, 0.3) is 0 Å². The lowest BCUT2D eigenvalue weighted by Gasteiger charge is -1.99. The van der Waals surface area contributed by atoms with Crippen molar-refractivity contribution in [1.29, 1.82) is 0 Å². The summed E-state index contributed by atoms with van der Waals surface area (Å²) in [7, 11) is 0. The molecule has 0 aromatic rings. The maximum atomic E-state index is 8.77. The van der Waals surface area contributed by atoms with Gasteiger partial charge in [0.15, 0.2) is 0 Å². The summed E-state index contributed by atoms with van der Waals surface area (Å²) in [4.78, 5) is 8.77. The standard InChI is InChI=1S/C6H10Cl2.CHClO2/c1-4-5(2,3)6(4,7)8;2-1(3)4/h4H,1-3H3;(H,3,4). The van der Waals surface area contributed by atoms with Gasteiger partial charge in [-0.2, -0.15) is 0 Å². The Labute approximate surface area is 86.8 Å². The molecule has 1 fully saturated rings. The van der Waals surface area contributed by atoms with E-state index in [1.807, 2.05) is 0 Å². The SMILES string of the molecule is CC1C(C)(C)C1(Cl)Cl.O=C(O)Cl. The minimum Gasteiger partial charge on any atom is -0.469 e. The Balaban J connectivity index is 0.000000261. The average molecular weight is 234 g/mol. The summed E-state index contributed by atoms with van der Waals surface area (Å²) in [6, 6.07) is 0. The van der Waals surface area contributed by atoms with E-state index in [-0.39, 0.29) is 5.41 Å². The average Bonchev–Trinajstić information content (AvgIpc) is 2.12. The Hall–Kier alpha value is 0.340. The highest BCUT2D eigenvalue weighted by molar-refractivity contribution is 6.60. The van der Waals surface area contributed by atoms with Gasteiger partial charge in [0.05, 0.1) is 0 Å². The van der Waals surface area contributed by atoms with E-state index in [1.54, 1.807) is 0 Å². The highest BCUT2D eigenvalue weighted by atomic mass is 35.5. The van der Waals surface area contributed by atoms with Crippen LogP contribution in [0, 0.1) is 11.3 Å². The molecule has 0 saturated heterocycles. The van der Waals surface area contributed by atoms with Crippen LogP contribution in [-0.2, 0) is 0 Å². The Kier molecular flexibility index (Phi) is 3.71. The molecule has 0 amide bonds. The fraction of sp³-hybridized carbons (Fsp3) is 0.857. The molecular formula is C7H11Cl3O2. The molecule has 0 spiro atoms. The molecule has 0 bridgehead atoms. The number of halogens is 3. The van der Waals surface area contributed by atoms with Crippen molar-refractivity contribution in [3.05, 3.63) is 0 Å². The summed E-state index contributed by atoms with van der Waals surface area (Å²) in [5.41, 5.74) is -1.23. The molecule has 1 aliphatic rings. The minimum atomic E-state index is -1.36. The molecule has 5 heteroatoms. The van der Waals surface area contributed by atoms with Gasteiger partial charge in [0, 0.05) is 17.0 Å². The van der Waals surface area contributed by atoms with E-state index >= 15 is 0 Å². The molecular weight excluding hydrogens is 222 g/mol. The Morgan fingerprint density at radius 3 is 1.50 bits per heavy atom. The van der Waals surface area contributed by atoms with Gasteiger partial charge >= 0.3 is 5.43 Å². The summed E-state index contributed by atoms with van der Waals surface area (Å²) in [6.07, 6.45) is 0. The fourth-order valence-electron chi connectivity index (χ4n) is 0.898. The zero-order valence-corrected chi connectivity index (χ0v) is 9.33. The molecule has 1 unspecified atom stereocenters. The molecule has 2 nitrogen and oxygen atoms in total. The van der Waals surface area contributed by atoms with E-state index in [2.05, 4.69) is 32.4 Å². The zero-order chi connectivity index (χ0) is 10.2. The first kappa shape index (κ1) is 12.3. The van der Waals surface area contributed by atoms with E-state index in [0.717, 1.165) is 0 Å². The number of carbonyl (C=O) groups is 1. The molecule has 1 rings (SSSR count). The topological polar surface area (TPSA) is 37.3 Å². The van der Waals surface area contributed by atoms with Crippen LogP contribution in [0.15, 0.2) is 0 Å². The number of alkyl halides is 2. The number of hydrogen-bond acceptors (Lipinski definition) is 1. The first-order chi connectivity index (χ1) is 5.14. The quantitative estimate of drug-likeness (QED) is 0.511. The van der Waals surface area contributed by atoms with Crippen molar-refractivity contribution in [1.82, 2.24) is 0 Å². The molecule has 0 aromatic heterocycles. The molecule has 12 heavy (non-hydrogen) atoms. The first-order valence-electron chi connectivity index (χ1n) is 3.40. The van der Waals surface area contributed by atoms with Crippen molar-refractivity contribution in [2.75, 3.05) is 0 Å². The van der Waals surface area contributed by atoms with Gasteiger partial charge in [0.2, 0.25) is 0 Å². The zero-order valence-electron chi connectivity index (χ0n) is 7.07. The van der Waals surface area contributed by atoms with Crippen molar-refractivity contribution >= 4 is 40.2 Å². The second-order valence-electron chi connectivity index (χ2n) is 3.32. The van der Waals surface area contributed by atoms with Crippen LogP contribution in [0.2, 0.25) is 0 Å². The van der Waals surface area contributed by atoms with Crippen molar-refractivity contribution in [2.24, 2.45) is 11.3 Å². The second kappa shape index (κ2) is 3.60. The van der Waals surface area contributed by atoms with Gasteiger partial charge < -0.3 is 5.11 Å². The molecule has 1 aliphatic carbocycles. The third kappa shape index (κ3) is 2.41. The third-order valence-corrected chi connectivity index (χ3v) is 4.03. The molecule has 0 aromatic carbocycles. The van der Waals surface area contributed by atoms with E-state index in [1.165, 1.54) is 0 Å². The Bertz CT molecular complexity index is 171. The van der Waals surface area contributed by atoms with Crippen LogP contribution in [0.4, 0.5) is 4.79 Å². The monoisotopic (exact) mass is 232 g/mol. The van der Waals surface area contributed by atoms with Crippen LogP contribution >= 0.6 is 34.8 Å². The van der Waals surface area contributed by atoms with Crippen LogP contribution in [-0.4, -0.2) is 14.9 Å². The third-order valence-electron chi connectivity index (χ3n) is 2.40. The Morgan fingerprint density at radius 2 is 1.50 bits per heavy atom. The maximum Gasteiger partial charge on any atom is 0.401 e. The first-order valence-corrected chi connectivity index (χ1v) is 4.53. The summed E-state index contributed by atoms with van der Waals surface area (Å²) in [6.45, 7) is 6.23. The molecule has 1 N–H and O–H groups in total. The number of rotatable bonds is 0. The van der Waals surface area contributed by atoms with Crippen molar-refractivity contribution in [3.8, 4) is 0 Å². The van der Waals surface area contributed by atoms with Crippen molar-refractivity contribution in [3.63, 3.8) is 0 Å². The predicted molar refractivity (Wildman–Crippen MR) is 51.3 cm³/mol. The summed E-state index contributed by atoms with van der Waals surface area (Å²) in [5.74, 6) is 0.443. The lowest BCUT2D eigenvalue weighted by Crippen LogP contribution is -1.96. The second-order valence-corrected chi connectivity index (χ2v) is 5.03. The van der Waals surface area contributed by atoms with Gasteiger partial charge in [-0.25, -0.2) is 4.79 Å². The van der Waals surface area contributed by atoms with E-state index in [4.69, 9.17) is 33.1 Å². The van der Waals surface area contributed by atoms with Crippen LogP contribution in [0.1, 0.15) is 20.8 Å². The lowest BCUT2D eigenvalue weighted by atomic mass is 10.1. The van der Waals surface area contributed by atoms with Crippen LogP contribution in [0.25, 0.3) is 0 Å². The van der Waals surface area contributed by atoms with Crippen LogP contribution in [0.5, 0.6) is 0 Å². The minimum absolute atomic E-state index is 0.135. The summed E-state index contributed by atoms with van der Waals surface area (Å²) < 4.78 is -0.451. The van der Waals surface area contributed by atoms with Gasteiger partial charge in [-0.1, -0.05) is 20.8 Å². The lowest BCUT2D eigenvalue weighted by molar-refractivity contribution is 0.220. The van der Waals surface area contributed by atoms with E-state index in [9.17, 15) is 0 Å². The molecule has 1 atom stereocenters.